The molecule has 1 saturated heterocycles. The van der Waals surface area contributed by atoms with Crippen LogP contribution in [0.5, 0.6) is 0 Å². The normalized spacial score (nSPS) is 18.7. The van der Waals surface area contributed by atoms with Crippen molar-refractivity contribution in [2.75, 3.05) is 18.1 Å². The van der Waals surface area contributed by atoms with Gasteiger partial charge in [0.05, 0.1) is 12.6 Å². The predicted molar refractivity (Wildman–Crippen MR) is 76.6 cm³/mol. The summed E-state index contributed by atoms with van der Waals surface area (Å²) in [6, 6.07) is 6.62. The standard InChI is InChI=1S/C14H16FN3OS/c15-11-5-3-10(4-6-11)8-13-16-17-14(20-13)18-7-1-2-12(18)9-19/h3-6,12,19H,1-2,7-9H2. The van der Waals surface area contributed by atoms with Crippen LogP contribution in [0.1, 0.15) is 23.4 Å². The second-order valence-corrected chi connectivity index (χ2v) is 5.99. The average Bonchev–Trinajstić information content (AvgIpc) is 3.09. The van der Waals surface area contributed by atoms with Crippen LogP contribution in [0.15, 0.2) is 24.3 Å². The van der Waals surface area contributed by atoms with E-state index in [0.717, 1.165) is 35.1 Å². The van der Waals surface area contributed by atoms with Gasteiger partial charge in [0.25, 0.3) is 0 Å². The second-order valence-electron chi connectivity index (χ2n) is 4.95. The largest absolute Gasteiger partial charge is 0.394 e. The lowest BCUT2D eigenvalue weighted by molar-refractivity contribution is 0.266. The van der Waals surface area contributed by atoms with Gasteiger partial charge in [-0.05, 0) is 30.5 Å². The van der Waals surface area contributed by atoms with Crippen molar-refractivity contribution >= 4 is 16.5 Å². The third-order valence-corrected chi connectivity index (χ3v) is 4.52. The highest BCUT2D eigenvalue weighted by Crippen LogP contribution is 2.29. The van der Waals surface area contributed by atoms with Gasteiger partial charge in [-0.15, -0.1) is 10.2 Å². The summed E-state index contributed by atoms with van der Waals surface area (Å²) in [5.41, 5.74) is 1.02. The zero-order valence-electron chi connectivity index (χ0n) is 11.0. The predicted octanol–water partition coefficient (Wildman–Crippen LogP) is 2.23. The Kier molecular flexibility index (Phi) is 3.93. The molecule has 0 aliphatic carbocycles. The van der Waals surface area contributed by atoms with E-state index in [1.54, 1.807) is 23.5 Å². The average molecular weight is 293 g/mol. The molecule has 2 aromatic rings. The summed E-state index contributed by atoms with van der Waals surface area (Å²) in [6.45, 7) is 1.09. The maximum Gasteiger partial charge on any atom is 0.208 e. The first-order valence-electron chi connectivity index (χ1n) is 6.70. The Hall–Kier alpha value is -1.53. The third-order valence-electron chi connectivity index (χ3n) is 3.56. The molecule has 1 atom stereocenters. The van der Waals surface area contributed by atoms with Crippen LogP contribution in [0.2, 0.25) is 0 Å². The van der Waals surface area contributed by atoms with Crippen molar-refractivity contribution in [1.82, 2.24) is 10.2 Å². The fourth-order valence-electron chi connectivity index (χ4n) is 2.49. The van der Waals surface area contributed by atoms with E-state index in [9.17, 15) is 9.50 Å². The summed E-state index contributed by atoms with van der Waals surface area (Å²) in [4.78, 5) is 2.13. The van der Waals surface area contributed by atoms with Gasteiger partial charge in [-0.25, -0.2) is 4.39 Å². The zero-order valence-corrected chi connectivity index (χ0v) is 11.8. The van der Waals surface area contributed by atoms with E-state index in [0.29, 0.717) is 6.42 Å². The smallest absolute Gasteiger partial charge is 0.208 e. The van der Waals surface area contributed by atoms with Crippen LogP contribution in [0.4, 0.5) is 9.52 Å². The number of halogens is 1. The number of aliphatic hydroxyl groups is 1. The lowest BCUT2D eigenvalue weighted by atomic mass is 10.2. The van der Waals surface area contributed by atoms with Gasteiger partial charge in [-0.1, -0.05) is 23.5 Å². The minimum atomic E-state index is -0.227. The SMILES string of the molecule is OCC1CCCN1c1nnc(Cc2ccc(F)cc2)s1. The Morgan fingerprint density at radius 3 is 2.85 bits per heavy atom. The van der Waals surface area contributed by atoms with Crippen LogP contribution in [-0.4, -0.2) is 34.5 Å². The lowest BCUT2D eigenvalue weighted by Gasteiger charge is -2.20. The monoisotopic (exact) mass is 293 g/mol. The molecular formula is C14H16FN3OS. The summed E-state index contributed by atoms with van der Waals surface area (Å²) in [5, 5.41) is 19.5. The quantitative estimate of drug-likeness (QED) is 0.939. The van der Waals surface area contributed by atoms with E-state index in [-0.39, 0.29) is 18.5 Å². The van der Waals surface area contributed by atoms with Gasteiger partial charge >= 0.3 is 0 Å². The highest BCUT2D eigenvalue weighted by molar-refractivity contribution is 7.15. The number of anilines is 1. The summed E-state index contributed by atoms with van der Waals surface area (Å²) >= 11 is 1.55. The van der Waals surface area contributed by atoms with Crippen LogP contribution < -0.4 is 4.90 Å². The molecule has 1 aliphatic heterocycles. The minimum Gasteiger partial charge on any atom is -0.394 e. The number of aliphatic hydroxyl groups excluding tert-OH is 1. The van der Waals surface area contributed by atoms with Crippen molar-refractivity contribution in [3.8, 4) is 0 Å². The first-order chi connectivity index (χ1) is 9.76. The van der Waals surface area contributed by atoms with Crippen molar-refractivity contribution in [2.24, 2.45) is 0 Å². The number of rotatable bonds is 4. The second kappa shape index (κ2) is 5.85. The van der Waals surface area contributed by atoms with Crippen LogP contribution >= 0.6 is 11.3 Å². The molecule has 20 heavy (non-hydrogen) atoms. The number of nitrogens with zero attached hydrogens (tertiary/aromatic N) is 3. The van der Waals surface area contributed by atoms with Gasteiger partial charge in [-0.3, -0.25) is 0 Å². The van der Waals surface area contributed by atoms with Crippen LogP contribution in [0, 0.1) is 5.82 Å². The van der Waals surface area contributed by atoms with Crippen molar-refractivity contribution in [1.29, 1.82) is 0 Å². The van der Waals surface area contributed by atoms with E-state index >= 15 is 0 Å². The molecule has 6 heteroatoms. The van der Waals surface area contributed by atoms with Gasteiger partial charge in [-0.2, -0.15) is 0 Å². The number of hydrogen-bond acceptors (Lipinski definition) is 5. The third kappa shape index (κ3) is 2.81. The maximum atomic E-state index is 12.9. The molecule has 0 amide bonds. The summed E-state index contributed by atoms with van der Waals surface area (Å²) < 4.78 is 12.9. The molecule has 1 unspecified atom stereocenters. The molecule has 0 bridgehead atoms. The van der Waals surface area contributed by atoms with Crippen molar-refractivity contribution in [3.05, 3.63) is 40.7 Å². The molecule has 4 nitrogen and oxygen atoms in total. The van der Waals surface area contributed by atoms with Gasteiger partial charge in [0, 0.05) is 13.0 Å². The van der Waals surface area contributed by atoms with E-state index in [4.69, 9.17) is 0 Å². The minimum absolute atomic E-state index is 0.160. The summed E-state index contributed by atoms with van der Waals surface area (Å²) in [7, 11) is 0. The molecule has 1 aromatic heterocycles. The molecule has 1 aliphatic rings. The Bertz CT molecular complexity index is 572. The van der Waals surface area contributed by atoms with E-state index in [2.05, 4.69) is 15.1 Å². The molecule has 0 radical (unpaired) electrons. The molecule has 0 spiro atoms. The molecule has 1 aromatic carbocycles. The first kappa shape index (κ1) is 13.5. The van der Waals surface area contributed by atoms with Crippen LogP contribution in [0.3, 0.4) is 0 Å². The van der Waals surface area contributed by atoms with Crippen LogP contribution in [-0.2, 0) is 6.42 Å². The highest BCUT2D eigenvalue weighted by atomic mass is 32.1. The van der Waals surface area contributed by atoms with Crippen molar-refractivity contribution in [3.63, 3.8) is 0 Å². The Morgan fingerprint density at radius 1 is 1.30 bits per heavy atom. The van der Waals surface area contributed by atoms with Gasteiger partial charge < -0.3 is 10.0 Å². The number of aromatic nitrogens is 2. The molecule has 0 saturated carbocycles. The topological polar surface area (TPSA) is 49.2 Å². The summed E-state index contributed by atoms with van der Waals surface area (Å²) in [5.74, 6) is -0.227. The lowest BCUT2D eigenvalue weighted by Crippen LogP contribution is -2.31. The highest BCUT2D eigenvalue weighted by Gasteiger charge is 2.26. The van der Waals surface area contributed by atoms with E-state index < -0.39 is 0 Å². The molecule has 1 N–H and O–H groups in total. The van der Waals surface area contributed by atoms with Gasteiger partial charge in [0.15, 0.2) is 0 Å². The zero-order chi connectivity index (χ0) is 13.9. The van der Waals surface area contributed by atoms with Gasteiger partial charge in [0.2, 0.25) is 5.13 Å². The number of hydrogen-bond donors (Lipinski definition) is 1. The number of benzene rings is 1. The summed E-state index contributed by atoms with van der Waals surface area (Å²) in [6.07, 6.45) is 2.75. The Labute approximate surface area is 120 Å². The Balaban J connectivity index is 1.72. The van der Waals surface area contributed by atoms with E-state index in [1.165, 1.54) is 12.1 Å². The molecule has 1 fully saturated rings. The van der Waals surface area contributed by atoms with Crippen molar-refractivity contribution in [2.45, 2.75) is 25.3 Å². The fraction of sp³-hybridized carbons (Fsp3) is 0.429. The first-order valence-corrected chi connectivity index (χ1v) is 7.52. The Morgan fingerprint density at radius 2 is 2.10 bits per heavy atom. The van der Waals surface area contributed by atoms with Gasteiger partial charge in [0.1, 0.15) is 10.8 Å². The fourth-order valence-corrected chi connectivity index (χ4v) is 3.46. The molecule has 106 valence electrons. The van der Waals surface area contributed by atoms with Crippen LogP contribution in [0.25, 0.3) is 0 Å². The molecule has 3 rings (SSSR count). The van der Waals surface area contributed by atoms with Crippen molar-refractivity contribution < 1.29 is 9.50 Å². The van der Waals surface area contributed by atoms with E-state index in [1.807, 2.05) is 0 Å². The molecular weight excluding hydrogens is 277 g/mol. The molecule has 2 heterocycles. The maximum absolute atomic E-state index is 12.9.